The number of aliphatic hydroxyl groups is 1. The van der Waals surface area contributed by atoms with Crippen molar-refractivity contribution < 1.29 is 9.90 Å². The summed E-state index contributed by atoms with van der Waals surface area (Å²) in [5.74, 6) is -0.212. The molecule has 2 atom stereocenters. The third-order valence-corrected chi connectivity index (χ3v) is 3.84. The van der Waals surface area contributed by atoms with E-state index in [0.717, 1.165) is 25.7 Å². The van der Waals surface area contributed by atoms with Gasteiger partial charge in [-0.1, -0.05) is 12.8 Å². The normalized spacial score (nSPS) is 22.9. The second kappa shape index (κ2) is 5.13. The van der Waals surface area contributed by atoms with Crippen molar-refractivity contribution in [2.24, 2.45) is 0 Å². The molecule has 1 fully saturated rings. The van der Waals surface area contributed by atoms with Crippen LogP contribution in [-0.4, -0.2) is 32.8 Å². The number of nitrogens with two attached hydrogens (primary N) is 1. The molecule has 106 valence electrons. The molecule has 2 aromatic heterocycles. The summed E-state index contributed by atoms with van der Waals surface area (Å²) < 4.78 is 1.61. The summed E-state index contributed by atoms with van der Waals surface area (Å²) in [4.78, 5) is 12.3. The topological polar surface area (TPSA) is 92.7 Å². The first-order valence-corrected chi connectivity index (χ1v) is 6.87. The molecule has 20 heavy (non-hydrogen) atoms. The van der Waals surface area contributed by atoms with Gasteiger partial charge in [0.1, 0.15) is 0 Å². The second-order valence-electron chi connectivity index (χ2n) is 5.28. The quantitative estimate of drug-likeness (QED) is 0.760. The predicted octanol–water partition coefficient (Wildman–Crippen LogP) is 0.950. The van der Waals surface area contributed by atoms with Gasteiger partial charge >= 0.3 is 0 Å². The second-order valence-corrected chi connectivity index (χ2v) is 5.28. The molecule has 3 rings (SSSR count). The van der Waals surface area contributed by atoms with Gasteiger partial charge in [0, 0.05) is 11.9 Å². The Morgan fingerprint density at radius 3 is 3.05 bits per heavy atom. The van der Waals surface area contributed by atoms with Crippen LogP contribution in [-0.2, 0) is 0 Å². The monoisotopic (exact) mass is 274 g/mol. The maximum Gasteiger partial charge on any atom is 0.255 e. The van der Waals surface area contributed by atoms with Gasteiger partial charge in [0.15, 0.2) is 0 Å². The molecule has 0 bridgehead atoms. The summed E-state index contributed by atoms with van der Waals surface area (Å²) in [5, 5.41) is 16.9. The van der Waals surface area contributed by atoms with Crippen LogP contribution in [0.4, 0.5) is 5.69 Å². The zero-order valence-corrected chi connectivity index (χ0v) is 11.1. The zero-order chi connectivity index (χ0) is 14.1. The largest absolute Gasteiger partial charge is 0.399 e. The Hall–Kier alpha value is -2.08. The fraction of sp³-hybridized carbons (Fsp3) is 0.429. The third kappa shape index (κ3) is 2.34. The molecule has 2 heterocycles. The summed E-state index contributed by atoms with van der Waals surface area (Å²) in [6, 6.07) is 3.28. The van der Waals surface area contributed by atoms with Crippen molar-refractivity contribution in [1.29, 1.82) is 0 Å². The van der Waals surface area contributed by atoms with Gasteiger partial charge in [-0.15, -0.1) is 0 Å². The molecule has 6 heteroatoms. The van der Waals surface area contributed by atoms with E-state index in [9.17, 15) is 9.90 Å². The molecule has 1 saturated carbocycles. The maximum atomic E-state index is 12.3. The van der Waals surface area contributed by atoms with Crippen molar-refractivity contribution in [1.82, 2.24) is 14.9 Å². The van der Waals surface area contributed by atoms with Crippen LogP contribution in [0.3, 0.4) is 0 Å². The van der Waals surface area contributed by atoms with Crippen LogP contribution < -0.4 is 11.1 Å². The highest BCUT2D eigenvalue weighted by Gasteiger charge is 2.25. The van der Waals surface area contributed by atoms with Crippen molar-refractivity contribution in [3.05, 3.63) is 30.1 Å². The highest BCUT2D eigenvalue weighted by atomic mass is 16.3. The number of aliphatic hydroxyl groups excluding tert-OH is 1. The standard InChI is InChI=1S/C14H18N4O2/c15-9-5-6-18-12(7-9)10(8-16-18)14(20)17-11-3-1-2-4-13(11)19/h5-8,11,13,19H,1-4,15H2,(H,17,20)/t11-,13-/m0/s1. The first kappa shape index (κ1) is 12.9. The first-order valence-electron chi connectivity index (χ1n) is 6.87. The number of hydrogen-bond donors (Lipinski definition) is 3. The minimum Gasteiger partial charge on any atom is -0.399 e. The number of carbonyl (C=O) groups is 1. The maximum absolute atomic E-state index is 12.3. The van der Waals surface area contributed by atoms with Gasteiger partial charge in [-0.05, 0) is 25.0 Å². The van der Waals surface area contributed by atoms with Crippen molar-refractivity contribution in [2.75, 3.05) is 5.73 Å². The lowest BCUT2D eigenvalue weighted by atomic mass is 9.92. The lowest BCUT2D eigenvalue weighted by molar-refractivity contribution is 0.0718. The van der Waals surface area contributed by atoms with E-state index < -0.39 is 6.10 Å². The van der Waals surface area contributed by atoms with Crippen molar-refractivity contribution >= 4 is 17.1 Å². The molecule has 0 radical (unpaired) electrons. The summed E-state index contributed by atoms with van der Waals surface area (Å²) in [7, 11) is 0. The molecular weight excluding hydrogens is 256 g/mol. The molecule has 6 nitrogen and oxygen atoms in total. The summed E-state index contributed by atoms with van der Waals surface area (Å²) >= 11 is 0. The van der Waals surface area contributed by atoms with Gasteiger partial charge in [0.05, 0.1) is 29.4 Å². The molecule has 1 amide bonds. The lowest BCUT2D eigenvalue weighted by Gasteiger charge is -2.28. The minimum absolute atomic E-state index is 0.174. The Morgan fingerprint density at radius 2 is 2.25 bits per heavy atom. The number of fused-ring (bicyclic) bond motifs is 1. The average molecular weight is 274 g/mol. The molecule has 4 N–H and O–H groups in total. The van der Waals surface area contributed by atoms with Gasteiger partial charge in [-0.2, -0.15) is 5.10 Å². The number of nitrogens with zero attached hydrogens (tertiary/aromatic N) is 2. The fourth-order valence-corrected chi connectivity index (χ4v) is 2.70. The van der Waals surface area contributed by atoms with E-state index in [-0.39, 0.29) is 11.9 Å². The predicted molar refractivity (Wildman–Crippen MR) is 75.3 cm³/mol. The highest BCUT2D eigenvalue weighted by molar-refractivity contribution is 6.01. The van der Waals surface area contributed by atoms with Crippen LogP contribution in [0, 0.1) is 0 Å². The van der Waals surface area contributed by atoms with E-state index >= 15 is 0 Å². The Bertz CT molecular complexity index is 637. The minimum atomic E-state index is -0.459. The van der Waals surface area contributed by atoms with Crippen LogP contribution in [0.1, 0.15) is 36.0 Å². The van der Waals surface area contributed by atoms with Gasteiger partial charge in [0.25, 0.3) is 5.91 Å². The van der Waals surface area contributed by atoms with Gasteiger partial charge < -0.3 is 16.2 Å². The smallest absolute Gasteiger partial charge is 0.255 e. The molecule has 1 aliphatic rings. The molecule has 0 aromatic carbocycles. The van der Waals surface area contributed by atoms with Crippen LogP contribution in [0.15, 0.2) is 24.5 Å². The first-order chi connectivity index (χ1) is 9.65. The van der Waals surface area contributed by atoms with E-state index in [4.69, 9.17) is 5.73 Å². The van der Waals surface area contributed by atoms with E-state index in [1.807, 2.05) is 0 Å². The number of pyridine rings is 1. The number of nitrogen functional groups attached to an aromatic ring is 1. The molecule has 0 aliphatic heterocycles. The van der Waals surface area contributed by atoms with Gasteiger partial charge in [-0.25, -0.2) is 4.52 Å². The number of rotatable bonds is 2. The van der Waals surface area contributed by atoms with Gasteiger partial charge in [-0.3, -0.25) is 4.79 Å². The van der Waals surface area contributed by atoms with E-state index in [1.165, 1.54) is 6.20 Å². The van der Waals surface area contributed by atoms with E-state index in [1.54, 1.807) is 22.8 Å². The number of anilines is 1. The molecular formula is C14H18N4O2. The molecule has 2 aromatic rings. The lowest BCUT2D eigenvalue weighted by Crippen LogP contribution is -2.45. The average Bonchev–Trinajstić information content (AvgIpc) is 2.84. The Kier molecular flexibility index (Phi) is 3.31. The van der Waals surface area contributed by atoms with Gasteiger partial charge in [0.2, 0.25) is 0 Å². The Morgan fingerprint density at radius 1 is 1.45 bits per heavy atom. The number of hydrogen-bond acceptors (Lipinski definition) is 4. The molecule has 0 unspecified atom stereocenters. The summed E-state index contributed by atoms with van der Waals surface area (Å²) in [5.41, 5.74) is 7.49. The summed E-state index contributed by atoms with van der Waals surface area (Å²) in [6.45, 7) is 0. The van der Waals surface area contributed by atoms with Crippen molar-refractivity contribution in [2.45, 2.75) is 37.8 Å². The van der Waals surface area contributed by atoms with E-state index in [2.05, 4.69) is 10.4 Å². The van der Waals surface area contributed by atoms with Crippen molar-refractivity contribution in [3.63, 3.8) is 0 Å². The number of amides is 1. The fourth-order valence-electron chi connectivity index (χ4n) is 2.70. The molecule has 0 saturated heterocycles. The molecule has 1 aliphatic carbocycles. The number of nitrogens with one attached hydrogen (secondary N) is 1. The van der Waals surface area contributed by atoms with Crippen LogP contribution >= 0.6 is 0 Å². The molecule has 0 spiro atoms. The number of aromatic nitrogens is 2. The zero-order valence-electron chi connectivity index (χ0n) is 11.1. The SMILES string of the molecule is Nc1ccn2ncc(C(=O)N[C@H]3CCCC[C@@H]3O)c2c1. The van der Waals surface area contributed by atoms with E-state index in [0.29, 0.717) is 16.8 Å². The summed E-state index contributed by atoms with van der Waals surface area (Å²) in [6.07, 6.45) is 6.39. The highest BCUT2D eigenvalue weighted by Crippen LogP contribution is 2.20. The van der Waals surface area contributed by atoms with Crippen LogP contribution in [0.25, 0.3) is 5.52 Å². The number of carbonyl (C=O) groups excluding carboxylic acids is 1. The van der Waals surface area contributed by atoms with Crippen molar-refractivity contribution in [3.8, 4) is 0 Å². The Balaban J connectivity index is 1.83. The van der Waals surface area contributed by atoms with Crippen LogP contribution in [0.2, 0.25) is 0 Å². The third-order valence-electron chi connectivity index (χ3n) is 3.84. The van der Waals surface area contributed by atoms with Crippen LogP contribution in [0.5, 0.6) is 0 Å². The Labute approximate surface area is 116 Å².